The molecule has 1 aliphatic carbocycles. The third-order valence-corrected chi connectivity index (χ3v) is 11.4. The third-order valence-electron chi connectivity index (χ3n) is 10.4. The normalized spacial score (nSPS) is 22.3. The van der Waals surface area contributed by atoms with Crippen molar-refractivity contribution in [2.45, 2.75) is 198 Å². The summed E-state index contributed by atoms with van der Waals surface area (Å²) in [5.41, 5.74) is 0. The van der Waals surface area contributed by atoms with Gasteiger partial charge in [-0.3, -0.25) is 18.6 Å². The van der Waals surface area contributed by atoms with Gasteiger partial charge in [0.05, 0.1) is 6.61 Å². The van der Waals surface area contributed by atoms with E-state index in [1.807, 2.05) is 18.2 Å². The number of carbonyl (C=O) groups excluding carboxylic acids is 2. The van der Waals surface area contributed by atoms with Crippen molar-refractivity contribution in [3.8, 4) is 0 Å². The molecule has 6 atom stereocenters. The molecule has 0 aromatic carbocycles. The smallest absolute Gasteiger partial charge is 0.462 e. The maximum absolute atomic E-state index is 12.8. The van der Waals surface area contributed by atoms with Gasteiger partial charge in [0, 0.05) is 12.8 Å². The standard InChI is InChI=1S/C51H83O13P/c1-3-5-7-9-11-13-15-17-19-21-22-24-26-28-30-32-34-36-38-40-45(53)63-43(42-62-65(59,60)64-51-49(57)47(55)46(54)48(56)50(51)58)41-61-44(52)39-37-35-33-31-29-27-25-23-20-18-16-14-12-10-8-6-4-2/h5,7,11-14,17-20,22,24,28,30,34,36,43,46-51,54-58H,3-4,6,8-10,15-16,21,23,25-27,29,31-33,35,37-42H2,1-2H3,(H,59,60)/b7-5-,13-11-,14-12-,19-17-,20-18-,24-22-,30-28-,36-34-. The molecule has 14 heteroatoms. The average Bonchev–Trinajstić information content (AvgIpc) is 3.29. The number of esters is 2. The number of ether oxygens (including phenoxy) is 2. The molecular formula is C51H83O13P. The summed E-state index contributed by atoms with van der Waals surface area (Å²) in [4.78, 5) is 35.7. The molecule has 0 radical (unpaired) electrons. The van der Waals surface area contributed by atoms with E-state index in [1.54, 1.807) is 0 Å². The quantitative estimate of drug-likeness (QED) is 0.0148. The molecule has 370 valence electrons. The Bertz CT molecular complexity index is 1500. The van der Waals surface area contributed by atoms with Crippen molar-refractivity contribution in [3.05, 3.63) is 97.2 Å². The van der Waals surface area contributed by atoms with E-state index >= 15 is 0 Å². The van der Waals surface area contributed by atoms with E-state index in [4.69, 9.17) is 18.5 Å². The number of carbonyl (C=O) groups is 2. The molecule has 1 fully saturated rings. The van der Waals surface area contributed by atoms with Gasteiger partial charge in [0.15, 0.2) is 6.10 Å². The van der Waals surface area contributed by atoms with Crippen LogP contribution in [0.4, 0.5) is 0 Å². The lowest BCUT2D eigenvalue weighted by atomic mass is 9.85. The first-order chi connectivity index (χ1) is 31.4. The number of rotatable bonds is 38. The summed E-state index contributed by atoms with van der Waals surface area (Å²) < 4.78 is 33.5. The highest BCUT2D eigenvalue weighted by Gasteiger charge is 2.51. The summed E-state index contributed by atoms with van der Waals surface area (Å²) in [6, 6.07) is 0. The van der Waals surface area contributed by atoms with Crippen molar-refractivity contribution in [3.63, 3.8) is 0 Å². The zero-order chi connectivity index (χ0) is 47.8. The first-order valence-electron chi connectivity index (χ1n) is 24.0. The molecule has 0 aromatic rings. The SMILES string of the molecule is CC/C=C\C/C=C\C/C=C\C/C=C\C/C=C\C/C=C\CCC(=O)OC(COC(=O)CCCCCCCCC/C=C\C/C=C\CCCCC)COP(=O)(O)OC1C(O)C(O)C(O)C(O)C1O. The minimum absolute atomic E-state index is 0.0357. The van der Waals surface area contributed by atoms with Crippen LogP contribution in [0.3, 0.4) is 0 Å². The molecule has 6 unspecified atom stereocenters. The Balaban J connectivity index is 2.51. The van der Waals surface area contributed by atoms with Gasteiger partial charge >= 0.3 is 19.8 Å². The number of phosphoric acid groups is 1. The molecule has 13 nitrogen and oxygen atoms in total. The summed E-state index contributed by atoms with van der Waals surface area (Å²) in [6.07, 6.45) is 40.4. The molecule has 0 amide bonds. The van der Waals surface area contributed by atoms with Gasteiger partial charge in [0.25, 0.3) is 0 Å². The highest BCUT2D eigenvalue weighted by Crippen LogP contribution is 2.47. The maximum Gasteiger partial charge on any atom is 0.472 e. The van der Waals surface area contributed by atoms with Crippen LogP contribution in [0, 0.1) is 0 Å². The van der Waals surface area contributed by atoms with Crippen LogP contribution in [0.25, 0.3) is 0 Å². The van der Waals surface area contributed by atoms with Crippen LogP contribution in [0.5, 0.6) is 0 Å². The van der Waals surface area contributed by atoms with Crippen molar-refractivity contribution >= 4 is 19.8 Å². The van der Waals surface area contributed by atoms with Crippen LogP contribution in [-0.4, -0.2) is 98.3 Å². The zero-order valence-electron chi connectivity index (χ0n) is 39.2. The summed E-state index contributed by atoms with van der Waals surface area (Å²) in [5, 5.41) is 50.2. The Kier molecular flexibility index (Phi) is 36.7. The van der Waals surface area contributed by atoms with Crippen LogP contribution in [0.2, 0.25) is 0 Å². The molecule has 0 aliphatic heterocycles. The maximum atomic E-state index is 12.8. The minimum Gasteiger partial charge on any atom is -0.462 e. The molecule has 0 spiro atoms. The van der Waals surface area contributed by atoms with Gasteiger partial charge in [-0.05, 0) is 83.5 Å². The Labute approximate surface area is 390 Å². The van der Waals surface area contributed by atoms with E-state index in [2.05, 4.69) is 92.8 Å². The first kappa shape index (κ1) is 59.8. The van der Waals surface area contributed by atoms with E-state index in [0.29, 0.717) is 19.3 Å². The minimum atomic E-state index is -5.15. The first-order valence-corrected chi connectivity index (χ1v) is 25.5. The molecule has 0 aromatic heterocycles. The topological polar surface area (TPSA) is 210 Å². The molecule has 1 aliphatic rings. The highest BCUT2D eigenvalue weighted by molar-refractivity contribution is 7.47. The van der Waals surface area contributed by atoms with Crippen LogP contribution >= 0.6 is 7.82 Å². The lowest BCUT2D eigenvalue weighted by molar-refractivity contribution is -0.220. The van der Waals surface area contributed by atoms with Crippen LogP contribution in [0.15, 0.2) is 97.2 Å². The number of allylic oxidation sites excluding steroid dienone is 16. The fraction of sp³-hybridized carbons (Fsp3) is 0.647. The van der Waals surface area contributed by atoms with Gasteiger partial charge in [-0.1, -0.05) is 156 Å². The second-order valence-electron chi connectivity index (χ2n) is 16.2. The lowest BCUT2D eigenvalue weighted by Gasteiger charge is -2.41. The Morgan fingerprint density at radius 2 is 0.908 bits per heavy atom. The number of aliphatic hydroxyl groups excluding tert-OH is 5. The number of hydrogen-bond donors (Lipinski definition) is 6. The van der Waals surface area contributed by atoms with Crippen LogP contribution in [-0.2, 0) is 32.7 Å². The van der Waals surface area contributed by atoms with Gasteiger partial charge in [0.1, 0.15) is 43.2 Å². The molecule has 1 saturated carbocycles. The predicted molar refractivity (Wildman–Crippen MR) is 258 cm³/mol. The summed E-state index contributed by atoms with van der Waals surface area (Å²) >= 11 is 0. The van der Waals surface area contributed by atoms with Crippen molar-refractivity contribution < 1.29 is 63.1 Å². The van der Waals surface area contributed by atoms with Gasteiger partial charge in [-0.15, -0.1) is 0 Å². The molecule has 1 rings (SSSR count). The molecule has 0 heterocycles. The summed E-state index contributed by atoms with van der Waals surface area (Å²) in [6.45, 7) is 3.08. The van der Waals surface area contributed by atoms with Crippen molar-refractivity contribution in [2.24, 2.45) is 0 Å². The molecule has 6 N–H and O–H groups in total. The number of aliphatic hydroxyl groups is 5. The molecular weight excluding hydrogens is 852 g/mol. The number of hydrogen-bond acceptors (Lipinski definition) is 12. The van der Waals surface area contributed by atoms with E-state index in [9.17, 15) is 44.6 Å². The van der Waals surface area contributed by atoms with E-state index in [-0.39, 0.29) is 12.8 Å². The van der Waals surface area contributed by atoms with E-state index in [0.717, 1.165) is 89.9 Å². The van der Waals surface area contributed by atoms with Crippen molar-refractivity contribution in [1.82, 2.24) is 0 Å². The second-order valence-corrected chi connectivity index (χ2v) is 17.6. The third kappa shape index (κ3) is 32.2. The predicted octanol–water partition coefficient (Wildman–Crippen LogP) is 9.83. The monoisotopic (exact) mass is 935 g/mol. The van der Waals surface area contributed by atoms with Crippen LogP contribution < -0.4 is 0 Å². The molecule has 0 bridgehead atoms. The number of unbranched alkanes of at least 4 members (excludes halogenated alkanes) is 10. The molecule has 0 saturated heterocycles. The van der Waals surface area contributed by atoms with Gasteiger partial charge in [0.2, 0.25) is 0 Å². The van der Waals surface area contributed by atoms with E-state index < -0.39 is 75.7 Å². The number of phosphoric ester groups is 1. The Morgan fingerprint density at radius 1 is 0.492 bits per heavy atom. The van der Waals surface area contributed by atoms with Crippen LogP contribution in [0.1, 0.15) is 155 Å². The van der Waals surface area contributed by atoms with Crippen molar-refractivity contribution in [2.75, 3.05) is 13.2 Å². The Morgan fingerprint density at radius 3 is 1.40 bits per heavy atom. The summed E-state index contributed by atoms with van der Waals surface area (Å²) in [7, 11) is -5.15. The fourth-order valence-electron chi connectivity index (χ4n) is 6.58. The van der Waals surface area contributed by atoms with E-state index in [1.165, 1.54) is 19.3 Å². The highest BCUT2D eigenvalue weighted by atomic mass is 31.2. The molecule has 65 heavy (non-hydrogen) atoms. The van der Waals surface area contributed by atoms with Gasteiger partial charge < -0.3 is 39.9 Å². The zero-order valence-corrected chi connectivity index (χ0v) is 40.1. The largest absolute Gasteiger partial charge is 0.472 e. The van der Waals surface area contributed by atoms with Gasteiger partial charge in [-0.25, -0.2) is 4.57 Å². The lowest BCUT2D eigenvalue weighted by Crippen LogP contribution is -2.64. The second kappa shape index (κ2) is 39.9. The van der Waals surface area contributed by atoms with Crippen molar-refractivity contribution in [1.29, 1.82) is 0 Å². The van der Waals surface area contributed by atoms with Gasteiger partial charge in [-0.2, -0.15) is 0 Å². The average molecular weight is 935 g/mol. The Hall–Kier alpha value is -3.23. The fourth-order valence-corrected chi connectivity index (χ4v) is 7.55. The summed E-state index contributed by atoms with van der Waals surface area (Å²) in [5.74, 6) is -1.22.